The highest BCUT2D eigenvalue weighted by Gasteiger charge is 2.08. The van der Waals surface area contributed by atoms with Crippen molar-refractivity contribution in [2.75, 3.05) is 0 Å². The van der Waals surface area contributed by atoms with Gasteiger partial charge in [0.05, 0.1) is 10.3 Å². The maximum absolute atomic E-state index is 10.5. The molecule has 2 rings (SSSR count). The highest BCUT2D eigenvalue weighted by Crippen LogP contribution is 2.28. The van der Waals surface area contributed by atoms with E-state index in [2.05, 4.69) is 9.72 Å². The van der Waals surface area contributed by atoms with E-state index >= 15 is 0 Å². The van der Waals surface area contributed by atoms with Crippen molar-refractivity contribution in [1.29, 1.82) is 0 Å². The molecule has 1 aromatic carbocycles. The molecule has 0 bridgehead atoms. The van der Waals surface area contributed by atoms with E-state index in [4.69, 9.17) is 0 Å². The normalized spacial score (nSPS) is 9.88. The number of hydrogen-bond donors (Lipinski definition) is 0. The van der Waals surface area contributed by atoms with Crippen molar-refractivity contribution < 1.29 is 14.5 Å². The van der Waals surface area contributed by atoms with Crippen LogP contribution in [0.4, 0.5) is 5.69 Å². The molecule has 86 valence electrons. The first kappa shape index (κ1) is 11.2. The monoisotopic (exact) mass is 250 g/mol. The Balaban J connectivity index is 2.26. The summed E-state index contributed by atoms with van der Waals surface area (Å²) in [5.74, 6) is 0.221. The lowest BCUT2D eigenvalue weighted by atomic mass is 10.2. The Labute approximate surface area is 99.6 Å². The van der Waals surface area contributed by atoms with E-state index in [0.717, 1.165) is 5.56 Å². The van der Waals surface area contributed by atoms with Crippen molar-refractivity contribution in [2.24, 2.45) is 0 Å². The number of nitro groups is 1. The summed E-state index contributed by atoms with van der Waals surface area (Å²) >= 11 is 1.29. The predicted octanol–water partition coefficient (Wildman–Crippen LogP) is 2.25. The van der Waals surface area contributed by atoms with Crippen LogP contribution in [-0.4, -0.2) is 16.4 Å². The summed E-state index contributed by atoms with van der Waals surface area (Å²) in [6, 6.07) is 6.00. The maximum atomic E-state index is 10.5. The molecular formula is C10H6N2O4S. The molecule has 0 fully saturated rings. The molecule has 6 nitrogen and oxygen atoms in total. The molecule has 0 radical (unpaired) electrons. The first-order valence-corrected chi connectivity index (χ1v) is 5.39. The van der Waals surface area contributed by atoms with Crippen molar-refractivity contribution in [3.8, 4) is 16.5 Å². The zero-order valence-corrected chi connectivity index (χ0v) is 9.22. The van der Waals surface area contributed by atoms with Gasteiger partial charge in [-0.15, -0.1) is 11.3 Å². The molecule has 0 saturated carbocycles. The molecule has 1 aromatic heterocycles. The quantitative estimate of drug-likeness (QED) is 0.472. The van der Waals surface area contributed by atoms with E-state index in [-0.39, 0.29) is 11.6 Å². The van der Waals surface area contributed by atoms with Gasteiger partial charge < -0.3 is 4.74 Å². The van der Waals surface area contributed by atoms with Gasteiger partial charge in [0.25, 0.3) is 12.2 Å². The Hall–Kier alpha value is -2.28. The fourth-order valence-corrected chi connectivity index (χ4v) is 1.96. The third kappa shape index (κ3) is 2.45. The zero-order valence-electron chi connectivity index (χ0n) is 8.40. The number of nitro benzene ring substituents is 1. The van der Waals surface area contributed by atoms with Crippen molar-refractivity contribution in [3.63, 3.8) is 0 Å². The second kappa shape index (κ2) is 4.71. The Morgan fingerprint density at radius 3 is 2.65 bits per heavy atom. The second-order valence-corrected chi connectivity index (χ2v) is 3.87. The Bertz CT molecular complexity index is 550. The molecule has 0 spiro atoms. The number of carbonyl (C=O) groups is 1. The van der Waals surface area contributed by atoms with Gasteiger partial charge in [0.15, 0.2) is 0 Å². The van der Waals surface area contributed by atoms with E-state index in [9.17, 15) is 14.9 Å². The zero-order chi connectivity index (χ0) is 12.3. The van der Waals surface area contributed by atoms with Crippen LogP contribution in [0.3, 0.4) is 0 Å². The van der Waals surface area contributed by atoms with Gasteiger partial charge in [-0.1, -0.05) is 0 Å². The summed E-state index contributed by atoms with van der Waals surface area (Å²) in [7, 11) is 0. The van der Waals surface area contributed by atoms with E-state index in [0.29, 0.717) is 11.5 Å². The Morgan fingerprint density at radius 2 is 2.06 bits per heavy atom. The summed E-state index contributed by atoms with van der Waals surface area (Å²) < 4.78 is 4.58. The Kier molecular flexibility index (Phi) is 3.10. The average molecular weight is 250 g/mol. The summed E-state index contributed by atoms with van der Waals surface area (Å²) in [6.45, 7) is 0.300. The third-order valence-electron chi connectivity index (χ3n) is 1.98. The first-order valence-electron chi connectivity index (χ1n) is 4.51. The predicted molar refractivity (Wildman–Crippen MR) is 60.9 cm³/mol. The first-order chi connectivity index (χ1) is 8.20. The van der Waals surface area contributed by atoms with Crippen molar-refractivity contribution in [2.45, 2.75) is 0 Å². The molecule has 7 heteroatoms. The number of nitrogens with zero attached hydrogens (tertiary/aromatic N) is 2. The topological polar surface area (TPSA) is 82.3 Å². The minimum absolute atomic E-state index is 0.0228. The molecule has 17 heavy (non-hydrogen) atoms. The fraction of sp³-hybridized carbons (Fsp3) is 0. The van der Waals surface area contributed by atoms with Crippen molar-refractivity contribution in [1.82, 2.24) is 4.98 Å². The molecule has 0 atom stereocenters. The van der Waals surface area contributed by atoms with Crippen molar-refractivity contribution >= 4 is 23.5 Å². The number of non-ortho nitro benzene ring substituents is 1. The molecule has 1 heterocycles. The lowest BCUT2D eigenvalue weighted by Crippen LogP contribution is -1.88. The smallest absolute Gasteiger partial charge is 0.299 e. The van der Waals surface area contributed by atoms with E-state index in [1.807, 2.05) is 0 Å². The molecule has 0 aliphatic rings. The maximum Gasteiger partial charge on any atom is 0.299 e. The molecule has 0 saturated heterocycles. The van der Waals surface area contributed by atoms with Gasteiger partial charge >= 0.3 is 0 Å². The second-order valence-electron chi connectivity index (χ2n) is 3.01. The molecule has 0 unspecified atom stereocenters. The molecule has 0 aliphatic heterocycles. The van der Waals surface area contributed by atoms with Gasteiger partial charge in [-0.2, -0.15) is 0 Å². The lowest BCUT2D eigenvalue weighted by molar-refractivity contribution is -0.384. The molecular weight excluding hydrogens is 244 g/mol. The van der Waals surface area contributed by atoms with Crippen LogP contribution in [0.25, 0.3) is 10.6 Å². The summed E-state index contributed by atoms with van der Waals surface area (Å²) in [5.41, 5.74) is 0.760. The van der Waals surface area contributed by atoms with Crippen LogP contribution in [-0.2, 0) is 4.79 Å². The minimum atomic E-state index is -0.466. The number of rotatable bonds is 4. The van der Waals surface area contributed by atoms with Crippen LogP contribution in [0.15, 0.2) is 29.6 Å². The van der Waals surface area contributed by atoms with Crippen LogP contribution in [0.2, 0.25) is 0 Å². The molecule has 0 aliphatic carbocycles. The largest absolute Gasteiger partial charge is 0.409 e. The van der Waals surface area contributed by atoms with Crippen molar-refractivity contribution in [3.05, 3.63) is 39.8 Å². The highest BCUT2D eigenvalue weighted by atomic mass is 32.1. The van der Waals surface area contributed by atoms with Crippen LogP contribution in [0.1, 0.15) is 0 Å². The number of benzene rings is 1. The minimum Gasteiger partial charge on any atom is -0.409 e. The van der Waals surface area contributed by atoms with E-state index in [1.165, 1.54) is 23.5 Å². The van der Waals surface area contributed by atoms with E-state index < -0.39 is 4.92 Å². The summed E-state index contributed by atoms with van der Waals surface area (Å²) in [4.78, 5) is 24.2. The van der Waals surface area contributed by atoms with Gasteiger partial charge in [-0.25, -0.2) is 4.98 Å². The SMILES string of the molecule is O=COc1csc(-c2ccc([N+](=O)[O-])cc2)n1. The van der Waals surface area contributed by atoms with Crippen LogP contribution < -0.4 is 4.74 Å². The van der Waals surface area contributed by atoms with Crippen LogP contribution in [0.5, 0.6) is 5.88 Å². The molecule has 2 aromatic rings. The van der Waals surface area contributed by atoms with Crippen LogP contribution >= 0.6 is 11.3 Å². The van der Waals surface area contributed by atoms with Gasteiger partial charge in [0.1, 0.15) is 5.01 Å². The fourth-order valence-electron chi connectivity index (χ4n) is 1.22. The number of aromatic nitrogens is 1. The van der Waals surface area contributed by atoms with Crippen LogP contribution in [0, 0.1) is 10.1 Å². The summed E-state index contributed by atoms with van der Waals surface area (Å²) in [6.07, 6.45) is 0. The van der Waals surface area contributed by atoms with Gasteiger partial charge in [0.2, 0.25) is 5.88 Å². The highest BCUT2D eigenvalue weighted by molar-refractivity contribution is 7.13. The van der Waals surface area contributed by atoms with E-state index in [1.54, 1.807) is 17.5 Å². The molecule has 0 amide bonds. The third-order valence-corrected chi connectivity index (χ3v) is 2.85. The number of hydrogen-bond acceptors (Lipinski definition) is 6. The number of ether oxygens (including phenoxy) is 1. The van der Waals surface area contributed by atoms with Gasteiger partial charge in [0, 0.05) is 17.7 Å². The Morgan fingerprint density at radius 1 is 1.35 bits per heavy atom. The standard InChI is InChI=1S/C10H6N2O4S/c13-6-16-9-5-17-10(11-9)7-1-3-8(4-2-7)12(14)15/h1-6H. The summed E-state index contributed by atoms with van der Waals surface area (Å²) in [5, 5.41) is 12.7. The van der Waals surface area contributed by atoms with Gasteiger partial charge in [-0.05, 0) is 12.1 Å². The van der Waals surface area contributed by atoms with Gasteiger partial charge in [-0.3, -0.25) is 14.9 Å². The number of thiazole rings is 1. The number of carbonyl (C=O) groups excluding carboxylic acids is 1. The lowest BCUT2D eigenvalue weighted by Gasteiger charge is -1.95. The molecule has 0 N–H and O–H groups in total. The average Bonchev–Trinajstić information content (AvgIpc) is 2.78.